The van der Waals surface area contributed by atoms with Gasteiger partial charge in [-0.25, -0.2) is 0 Å². The fourth-order valence-electron chi connectivity index (χ4n) is 2.54. The monoisotopic (exact) mass is 343 g/mol. The van der Waals surface area contributed by atoms with Crippen LogP contribution in [0.3, 0.4) is 0 Å². The molecule has 0 amide bonds. The number of nitrogens with one attached hydrogen (secondary N) is 1. The molecule has 1 aliphatic rings. The lowest BCUT2D eigenvalue weighted by Gasteiger charge is -2.38. The quantitative estimate of drug-likeness (QED) is 0.826. The summed E-state index contributed by atoms with van der Waals surface area (Å²) in [5.74, 6) is 0.0342. The molecular weight excluding hydrogens is 321 g/mol. The third-order valence-corrected chi connectivity index (χ3v) is 3.98. The van der Waals surface area contributed by atoms with Crippen molar-refractivity contribution in [3.63, 3.8) is 0 Å². The summed E-state index contributed by atoms with van der Waals surface area (Å²) in [4.78, 5) is 12.1. The van der Waals surface area contributed by atoms with Crippen LogP contribution < -0.4 is 5.32 Å². The van der Waals surface area contributed by atoms with Gasteiger partial charge in [-0.3, -0.25) is 4.79 Å². The molecule has 5 heteroatoms. The van der Waals surface area contributed by atoms with E-state index in [1.807, 2.05) is 44.2 Å². The summed E-state index contributed by atoms with van der Waals surface area (Å²) in [7, 11) is 0. The van der Waals surface area contributed by atoms with Crippen molar-refractivity contribution in [2.75, 3.05) is 13.1 Å². The first-order chi connectivity index (χ1) is 9.98. The number of halogens is 2. The van der Waals surface area contributed by atoms with Crippen LogP contribution in [0.1, 0.15) is 32.3 Å². The molecular formula is C17H23Cl2NO2. The first-order valence-corrected chi connectivity index (χ1v) is 7.70. The molecule has 0 aromatic heterocycles. The van der Waals surface area contributed by atoms with Crippen molar-refractivity contribution in [1.29, 1.82) is 0 Å². The van der Waals surface area contributed by atoms with E-state index in [9.17, 15) is 4.79 Å². The lowest BCUT2D eigenvalue weighted by atomic mass is 9.96. The third-order valence-electron chi connectivity index (χ3n) is 3.65. The van der Waals surface area contributed by atoms with Crippen molar-refractivity contribution in [2.24, 2.45) is 0 Å². The number of rotatable bonds is 5. The van der Waals surface area contributed by atoms with Crippen molar-refractivity contribution in [3.8, 4) is 0 Å². The molecule has 1 aliphatic heterocycles. The van der Waals surface area contributed by atoms with E-state index in [4.69, 9.17) is 16.3 Å². The zero-order valence-electron chi connectivity index (χ0n) is 13.0. The molecule has 22 heavy (non-hydrogen) atoms. The highest BCUT2D eigenvalue weighted by Gasteiger charge is 2.31. The van der Waals surface area contributed by atoms with Crippen molar-refractivity contribution < 1.29 is 9.53 Å². The van der Waals surface area contributed by atoms with E-state index in [1.165, 1.54) is 6.08 Å². The molecule has 1 aromatic carbocycles. The lowest BCUT2D eigenvalue weighted by molar-refractivity contribution is -0.121. The number of ketones is 1. The van der Waals surface area contributed by atoms with E-state index in [-0.39, 0.29) is 29.9 Å². The van der Waals surface area contributed by atoms with Crippen LogP contribution in [-0.4, -0.2) is 30.6 Å². The van der Waals surface area contributed by atoms with E-state index in [1.54, 1.807) is 0 Å². The number of carbonyl (C=O) groups is 1. The van der Waals surface area contributed by atoms with Gasteiger partial charge in [0.2, 0.25) is 0 Å². The summed E-state index contributed by atoms with van der Waals surface area (Å²) in [5, 5.41) is 3.83. The summed E-state index contributed by atoms with van der Waals surface area (Å²) in [6.45, 7) is 5.73. The van der Waals surface area contributed by atoms with Crippen LogP contribution in [0.25, 0.3) is 5.03 Å². The Bertz CT molecular complexity index is 519. The van der Waals surface area contributed by atoms with Gasteiger partial charge in [0.05, 0.1) is 16.7 Å². The van der Waals surface area contributed by atoms with Crippen LogP contribution in [0.15, 0.2) is 36.4 Å². The molecule has 2 unspecified atom stereocenters. The Morgan fingerprint density at radius 3 is 2.77 bits per heavy atom. The summed E-state index contributed by atoms with van der Waals surface area (Å²) in [6, 6.07) is 9.51. The van der Waals surface area contributed by atoms with Gasteiger partial charge in [0.25, 0.3) is 0 Å². The van der Waals surface area contributed by atoms with E-state index >= 15 is 0 Å². The van der Waals surface area contributed by atoms with Crippen LogP contribution in [0, 0.1) is 0 Å². The van der Waals surface area contributed by atoms with Gasteiger partial charge in [-0.1, -0.05) is 41.9 Å². The Balaban J connectivity index is 0.00000242. The predicted octanol–water partition coefficient (Wildman–Crippen LogP) is 3.80. The zero-order chi connectivity index (χ0) is 15.3. The Morgan fingerprint density at radius 2 is 2.14 bits per heavy atom. The number of benzene rings is 1. The second-order valence-electron chi connectivity index (χ2n) is 5.83. The zero-order valence-corrected chi connectivity index (χ0v) is 14.5. The largest absolute Gasteiger partial charge is 0.370 e. The lowest BCUT2D eigenvalue weighted by Crippen LogP contribution is -2.51. The van der Waals surface area contributed by atoms with Crippen molar-refractivity contribution >= 4 is 34.8 Å². The van der Waals surface area contributed by atoms with Gasteiger partial charge in [-0.05, 0) is 25.8 Å². The normalized spacial score (nSPS) is 25.4. The fourth-order valence-corrected chi connectivity index (χ4v) is 2.79. The smallest absolute Gasteiger partial charge is 0.157 e. The molecule has 2 atom stereocenters. The SMILES string of the molecule is CC1CNCC(C)(CCC(=O)C=C(Cl)c2ccccc2)O1.Cl. The predicted molar refractivity (Wildman–Crippen MR) is 93.6 cm³/mol. The molecule has 0 radical (unpaired) electrons. The van der Waals surface area contributed by atoms with Crippen molar-refractivity contribution in [2.45, 2.75) is 38.4 Å². The Labute approximate surface area is 143 Å². The van der Waals surface area contributed by atoms with Gasteiger partial charge in [-0.15, -0.1) is 12.4 Å². The number of morpholine rings is 1. The van der Waals surface area contributed by atoms with Crippen LogP contribution in [0.4, 0.5) is 0 Å². The van der Waals surface area contributed by atoms with Gasteiger partial charge in [-0.2, -0.15) is 0 Å². The van der Waals surface area contributed by atoms with Crippen LogP contribution >= 0.6 is 24.0 Å². The summed E-state index contributed by atoms with van der Waals surface area (Å²) >= 11 is 6.18. The van der Waals surface area contributed by atoms with Gasteiger partial charge < -0.3 is 10.1 Å². The molecule has 0 bridgehead atoms. The maximum atomic E-state index is 12.1. The van der Waals surface area contributed by atoms with Crippen LogP contribution in [0.2, 0.25) is 0 Å². The molecule has 122 valence electrons. The molecule has 1 saturated heterocycles. The van der Waals surface area contributed by atoms with Crippen molar-refractivity contribution in [3.05, 3.63) is 42.0 Å². The molecule has 1 aromatic rings. The Morgan fingerprint density at radius 1 is 1.45 bits per heavy atom. The van der Waals surface area contributed by atoms with Crippen LogP contribution in [0.5, 0.6) is 0 Å². The number of ether oxygens (including phenoxy) is 1. The minimum Gasteiger partial charge on any atom is -0.370 e. The standard InChI is InChI=1S/C17H22ClNO2.ClH/c1-13-11-19-12-17(2,21-13)9-8-15(20)10-16(18)14-6-4-3-5-7-14;/h3-7,10,13,19H,8-9,11-12H2,1-2H3;1H. The summed E-state index contributed by atoms with van der Waals surface area (Å²) < 4.78 is 5.95. The van der Waals surface area contributed by atoms with E-state index < -0.39 is 0 Å². The Hall–Kier alpha value is -0.870. The van der Waals surface area contributed by atoms with Crippen LogP contribution in [-0.2, 0) is 9.53 Å². The highest BCUT2D eigenvalue weighted by molar-refractivity contribution is 6.50. The summed E-state index contributed by atoms with van der Waals surface area (Å²) in [6.07, 6.45) is 2.83. The molecule has 1 heterocycles. The molecule has 1 fully saturated rings. The number of allylic oxidation sites excluding steroid dienone is 1. The van der Waals surface area contributed by atoms with Gasteiger partial charge in [0.15, 0.2) is 5.78 Å². The van der Waals surface area contributed by atoms with Gasteiger partial charge in [0.1, 0.15) is 0 Å². The van der Waals surface area contributed by atoms with Crippen molar-refractivity contribution in [1.82, 2.24) is 5.32 Å². The molecule has 2 rings (SSSR count). The molecule has 0 spiro atoms. The number of hydrogen-bond acceptors (Lipinski definition) is 3. The first kappa shape index (κ1) is 19.2. The average Bonchev–Trinajstić information content (AvgIpc) is 2.46. The minimum atomic E-state index is -0.277. The fraction of sp³-hybridized carbons (Fsp3) is 0.471. The van der Waals surface area contributed by atoms with Gasteiger partial charge >= 0.3 is 0 Å². The first-order valence-electron chi connectivity index (χ1n) is 7.32. The third kappa shape index (κ3) is 5.73. The van der Waals surface area contributed by atoms with E-state index in [0.29, 0.717) is 17.9 Å². The second kappa shape index (κ2) is 8.68. The van der Waals surface area contributed by atoms with E-state index in [2.05, 4.69) is 5.32 Å². The summed E-state index contributed by atoms with van der Waals surface area (Å²) in [5.41, 5.74) is 0.586. The molecule has 0 saturated carbocycles. The van der Waals surface area contributed by atoms with E-state index in [0.717, 1.165) is 18.7 Å². The average molecular weight is 344 g/mol. The second-order valence-corrected chi connectivity index (χ2v) is 6.24. The molecule has 1 N–H and O–H groups in total. The number of carbonyl (C=O) groups excluding carboxylic acids is 1. The minimum absolute atomic E-state index is 0. The topological polar surface area (TPSA) is 38.3 Å². The van der Waals surface area contributed by atoms with Gasteiger partial charge in [0, 0.05) is 25.6 Å². The highest BCUT2D eigenvalue weighted by atomic mass is 35.5. The number of hydrogen-bond donors (Lipinski definition) is 1. The Kier molecular flexibility index (Phi) is 7.57. The maximum Gasteiger partial charge on any atom is 0.157 e. The highest BCUT2D eigenvalue weighted by Crippen LogP contribution is 2.23. The maximum absolute atomic E-state index is 12.1. The molecule has 3 nitrogen and oxygen atoms in total. The molecule has 0 aliphatic carbocycles.